The number of aromatic nitrogens is 4. The molecule has 1 saturated heterocycles. The van der Waals surface area contributed by atoms with Crippen LogP contribution >= 0.6 is 0 Å². The van der Waals surface area contributed by atoms with Crippen LogP contribution in [0.2, 0.25) is 0 Å². The molecule has 5 aromatic rings. The van der Waals surface area contributed by atoms with Crippen molar-refractivity contribution in [2.45, 2.75) is 18.9 Å². The average Bonchev–Trinajstić information content (AvgIpc) is 3.55. The first-order chi connectivity index (χ1) is 16.3. The first-order valence-electron chi connectivity index (χ1n) is 11.2. The van der Waals surface area contributed by atoms with Crippen LogP contribution in [0.15, 0.2) is 77.8 Å². The van der Waals surface area contributed by atoms with Gasteiger partial charge in [-0.05, 0) is 48.7 Å². The molecule has 1 aliphatic heterocycles. The summed E-state index contributed by atoms with van der Waals surface area (Å²) in [5.74, 6) is 1.31. The van der Waals surface area contributed by atoms with E-state index in [0.29, 0.717) is 5.88 Å². The Morgan fingerprint density at radius 1 is 1.00 bits per heavy atom. The van der Waals surface area contributed by atoms with Gasteiger partial charge in [0.25, 0.3) is 0 Å². The minimum absolute atomic E-state index is 0.134. The van der Waals surface area contributed by atoms with Crippen LogP contribution < -0.4 is 10.1 Å². The standard InChI is InChI=1S/C26H23N5O2/c1-3-17(11-19(4-1)25-8-10-30-33-25)18-6-7-23-21(12-18)22(14-29-23)24-15-28-16-26(31-24)32-20-5-2-9-27-13-20/h1,3-4,6-8,10-12,14-16,20,27,29H,2,5,9,13H2/t20-/m1/s1. The molecule has 0 saturated carbocycles. The summed E-state index contributed by atoms with van der Waals surface area (Å²) in [5, 5.41) is 8.27. The van der Waals surface area contributed by atoms with Crippen LogP contribution in [0.25, 0.3) is 44.6 Å². The fourth-order valence-electron chi connectivity index (χ4n) is 4.35. The van der Waals surface area contributed by atoms with Crippen molar-refractivity contribution in [2.24, 2.45) is 0 Å². The van der Waals surface area contributed by atoms with Crippen molar-refractivity contribution >= 4 is 10.9 Å². The van der Waals surface area contributed by atoms with Gasteiger partial charge in [0.2, 0.25) is 5.88 Å². The number of piperidine rings is 1. The molecular formula is C26H23N5O2. The van der Waals surface area contributed by atoms with Gasteiger partial charge in [-0.2, -0.15) is 0 Å². The van der Waals surface area contributed by atoms with E-state index in [0.717, 1.165) is 70.5 Å². The smallest absolute Gasteiger partial charge is 0.233 e. The summed E-state index contributed by atoms with van der Waals surface area (Å²) >= 11 is 0. The van der Waals surface area contributed by atoms with Gasteiger partial charge in [-0.1, -0.05) is 29.4 Å². The third-order valence-electron chi connectivity index (χ3n) is 6.03. The summed E-state index contributed by atoms with van der Waals surface area (Å²) in [6.45, 7) is 1.89. The van der Waals surface area contributed by atoms with E-state index in [1.54, 1.807) is 18.6 Å². The summed E-state index contributed by atoms with van der Waals surface area (Å²) in [6, 6.07) is 16.5. The maximum absolute atomic E-state index is 6.09. The van der Waals surface area contributed by atoms with Gasteiger partial charge in [0.05, 0.1) is 24.3 Å². The molecule has 0 amide bonds. The van der Waals surface area contributed by atoms with E-state index in [4.69, 9.17) is 14.2 Å². The maximum atomic E-state index is 6.09. The van der Waals surface area contributed by atoms with Crippen LogP contribution in [0.1, 0.15) is 12.8 Å². The van der Waals surface area contributed by atoms with E-state index in [1.165, 1.54) is 0 Å². The van der Waals surface area contributed by atoms with Crippen LogP contribution in [-0.4, -0.2) is 39.3 Å². The molecule has 33 heavy (non-hydrogen) atoms. The molecule has 7 nitrogen and oxygen atoms in total. The third-order valence-corrected chi connectivity index (χ3v) is 6.03. The summed E-state index contributed by atoms with van der Waals surface area (Å²) < 4.78 is 11.4. The molecule has 0 radical (unpaired) electrons. The van der Waals surface area contributed by atoms with Gasteiger partial charge < -0.3 is 19.6 Å². The monoisotopic (exact) mass is 437 g/mol. The Morgan fingerprint density at radius 3 is 2.82 bits per heavy atom. The number of aromatic amines is 1. The molecule has 4 heterocycles. The van der Waals surface area contributed by atoms with Crippen LogP contribution in [0.3, 0.4) is 0 Å². The quantitative estimate of drug-likeness (QED) is 0.399. The second-order valence-corrected chi connectivity index (χ2v) is 8.25. The first kappa shape index (κ1) is 19.7. The van der Waals surface area contributed by atoms with Gasteiger partial charge in [0.15, 0.2) is 5.76 Å². The van der Waals surface area contributed by atoms with Crippen molar-refractivity contribution in [3.8, 4) is 39.6 Å². The van der Waals surface area contributed by atoms with E-state index < -0.39 is 0 Å². The zero-order valence-corrected chi connectivity index (χ0v) is 18.0. The lowest BCUT2D eigenvalue weighted by atomic mass is 9.99. The minimum atomic E-state index is 0.134. The first-order valence-corrected chi connectivity index (χ1v) is 11.2. The zero-order valence-electron chi connectivity index (χ0n) is 18.0. The van der Waals surface area contributed by atoms with E-state index in [2.05, 4.69) is 50.8 Å². The molecule has 1 aliphatic rings. The number of rotatable bonds is 5. The van der Waals surface area contributed by atoms with Crippen molar-refractivity contribution in [3.05, 3.63) is 73.3 Å². The van der Waals surface area contributed by atoms with E-state index in [9.17, 15) is 0 Å². The Balaban J connectivity index is 1.34. The Bertz CT molecular complexity index is 1390. The lowest BCUT2D eigenvalue weighted by Crippen LogP contribution is -2.37. The molecule has 2 aromatic carbocycles. The number of hydrogen-bond acceptors (Lipinski definition) is 6. The molecule has 3 aromatic heterocycles. The number of fused-ring (bicyclic) bond motifs is 1. The lowest BCUT2D eigenvalue weighted by Gasteiger charge is -2.23. The highest BCUT2D eigenvalue weighted by atomic mass is 16.5. The number of benzene rings is 2. The summed E-state index contributed by atoms with van der Waals surface area (Å²) in [7, 11) is 0. The average molecular weight is 438 g/mol. The number of nitrogens with one attached hydrogen (secondary N) is 2. The number of H-pyrrole nitrogens is 1. The van der Waals surface area contributed by atoms with E-state index in [-0.39, 0.29) is 6.10 Å². The van der Waals surface area contributed by atoms with Gasteiger partial charge >= 0.3 is 0 Å². The van der Waals surface area contributed by atoms with Crippen LogP contribution in [0, 0.1) is 0 Å². The molecule has 2 N–H and O–H groups in total. The fraction of sp³-hybridized carbons (Fsp3) is 0.192. The minimum Gasteiger partial charge on any atom is -0.472 e. The van der Waals surface area contributed by atoms with E-state index >= 15 is 0 Å². The fourth-order valence-corrected chi connectivity index (χ4v) is 4.35. The molecule has 6 rings (SSSR count). The molecule has 164 valence electrons. The largest absolute Gasteiger partial charge is 0.472 e. The number of hydrogen-bond donors (Lipinski definition) is 2. The van der Waals surface area contributed by atoms with Crippen LogP contribution in [0.5, 0.6) is 5.88 Å². The molecule has 0 bridgehead atoms. The predicted molar refractivity (Wildman–Crippen MR) is 127 cm³/mol. The van der Waals surface area contributed by atoms with E-state index in [1.807, 2.05) is 24.4 Å². The third kappa shape index (κ3) is 3.99. The van der Waals surface area contributed by atoms with Gasteiger partial charge in [-0.3, -0.25) is 4.98 Å². The Labute approximate surface area is 190 Å². The van der Waals surface area contributed by atoms with Crippen molar-refractivity contribution in [1.82, 2.24) is 25.4 Å². The summed E-state index contributed by atoms with van der Waals surface area (Å²) in [6.07, 6.45) is 9.39. The topological polar surface area (TPSA) is 88.9 Å². The molecule has 1 atom stereocenters. The molecular weight excluding hydrogens is 414 g/mol. The van der Waals surface area contributed by atoms with Crippen molar-refractivity contribution < 1.29 is 9.26 Å². The summed E-state index contributed by atoms with van der Waals surface area (Å²) in [4.78, 5) is 12.5. The van der Waals surface area contributed by atoms with Gasteiger partial charge in [-0.25, -0.2) is 4.98 Å². The number of ether oxygens (including phenoxy) is 1. The Hall–Kier alpha value is -3.97. The Kier molecular flexibility index (Phi) is 5.08. The van der Waals surface area contributed by atoms with Gasteiger partial charge in [0, 0.05) is 40.8 Å². The van der Waals surface area contributed by atoms with Crippen molar-refractivity contribution in [3.63, 3.8) is 0 Å². The maximum Gasteiger partial charge on any atom is 0.233 e. The second kappa shape index (κ2) is 8.52. The molecule has 0 aliphatic carbocycles. The highest BCUT2D eigenvalue weighted by Gasteiger charge is 2.16. The van der Waals surface area contributed by atoms with Crippen LogP contribution in [-0.2, 0) is 0 Å². The van der Waals surface area contributed by atoms with Crippen molar-refractivity contribution in [2.75, 3.05) is 13.1 Å². The molecule has 0 spiro atoms. The second-order valence-electron chi connectivity index (χ2n) is 8.25. The normalized spacial score (nSPS) is 16.2. The van der Waals surface area contributed by atoms with Crippen LogP contribution in [0.4, 0.5) is 0 Å². The highest BCUT2D eigenvalue weighted by Crippen LogP contribution is 2.33. The van der Waals surface area contributed by atoms with Crippen molar-refractivity contribution in [1.29, 1.82) is 0 Å². The SMILES string of the molecule is c1cc(-c2ccc3[nH]cc(-c4cncc(O[C@@H]5CCCNC5)n4)c3c2)cc(-c2ccno2)c1. The molecule has 0 unspecified atom stereocenters. The zero-order chi connectivity index (χ0) is 22.0. The lowest BCUT2D eigenvalue weighted by molar-refractivity contribution is 0.160. The summed E-state index contributed by atoms with van der Waals surface area (Å²) in [5.41, 5.74) is 6.04. The van der Waals surface area contributed by atoms with Gasteiger partial charge in [-0.15, -0.1) is 0 Å². The Morgan fingerprint density at radius 2 is 1.94 bits per heavy atom. The molecule has 1 fully saturated rings. The number of nitrogens with zero attached hydrogens (tertiary/aromatic N) is 3. The highest BCUT2D eigenvalue weighted by molar-refractivity contribution is 5.97. The van der Waals surface area contributed by atoms with Gasteiger partial charge in [0.1, 0.15) is 6.10 Å². The molecule has 7 heteroatoms. The predicted octanol–water partition coefficient (Wildman–Crippen LogP) is 5.08.